The van der Waals surface area contributed by atoms with Crippen molar-refractivity contribution in [3.05, 3.63) is 53.6 Å². The number of methoxy groups -OCH3 is 2. The van der Waals surface area contributed by atoms with Gasteiger partial charge in [-0.05, 0) is 42.3 Å². The molecule has 0 saturated carbocycles. The first-order valence-electron chi connectivity index (χ1n) is 7.46. The van der Waals surface area contributed by atoms with Gasteiger partial charge in [0.25, 0.3) is 0 Å². The molecule has 0 fully saturated rings. The Bertz CT molecular complexity index is 605. The van der Waals surface area contributed by atoms with Crippen LogP contribution in [0.5, 0.6) is 17.2 Å². The van der Waals surface area contributed by atoms with Crippen LogP contribution in [0.1, 0.15) is 24.2 Å². The van der Waals surface area contributed by atoms with Crippen LogP contribution in [-0.2, 0) is 6.54 Å². The highest BCUT2D eigenvalue weighted by molar-refractivity contribution is 5.38. The normalized spacial score (nSPS) is 13.4. The zero-order chi connectivity index (χ0) is 16.8. The Hall–Kier alpha value is -2.24. The van der Waals surface area contributed by atoms with Crippen molar-refractivity contribution in [2.24, 2.45) is 0 Å². The molecule has 5 nitrogen and oxygen atoms in total. The van der Waals surface area contributed by atoms with Crippen LogP contribution >= 0.6 is 0 Å². The number of hydrogen-bond acceptors (Lipinski definition) is 5. The van der Waals surface area contributed by atoms with Gasteiger partial charge in [-0.1, -0.05) is 12.1 Å². The molecule has 3 N–H and O–H groups in total. The van der Waals surface area contributed by atoms with E-state index in [1.165, 1.54) is 0 Å². The minimum atomic E-state index is -0.664. The number of nitrogens with one attached hydrogen (secondary N) is 1. The van der Waals surface area contributed by atoms with Crippen molar-refractivity contribution in [2.45, 2.75) is 25.6 Å². The number of hydrogen-bond donors (Lipinski definition) is 3. The Morgan fingerprint density at radius 1 is 1.00 bits per heavy atom. The summed E-state index contributed by atoms with van der Waals surface area (Å²) in [5.74, 6) is 1.64. The van der Waals surface area contributed by atoms with Gasteiger partial charge in [0, 0.05) is 18.7 Å². The zero-order valence-electron chi connectivity index (χ0n) is 13.6. The monoisotopic (exact) mass is 317 g/mol. The molecule has 0 unspecified atom stereocenters. The van der Waals surface area contributed by atoms with Crippen LogP contribution in [-0.4, -0.2) is 30.5 Å². The van der Waals surface area contributed by atoms with E-state index in [2.05, 4.69) is 5.32 Å². The number of aromatic hydroxyl groups is 1. The molecule has 124 valence electrons. The fraction of sp³-hybridized carbons (Fsp3) is 0.333. The van der Waals surface area contributed by atoms with Gasteiger partial charge < -0.3 is 25.0 Å². The van der Waals surface area contributed by atoms with Crippen molar-refractivity contribution < 1.29 is 19.7 Å². The standard InChI is InChI=1S/C18H23NO4/c1-12(18(21)14-4-6-15(20)7-5-14)19-11-13-8-16(22-2)10-17(9-13)23-3/h4-10,12,18-21H,11H2,1-3H3/t12-,18-/m0/s1. The van der Waals surface area contributed by atoms with Crippen molar-refractivity contribution in [2.75, 3.05) is 14.2 Å². The zero-order valence-corrected chi connectivity index (χ0v) is 13.6. The first-order chi connectivity index (χ1) is 11.0. The van der Waals surface area contributed by atoms with Gasteiger partial charge in [-0.2, -0.15) is 0 Å². The lowest BCUT2D eigenvalue weighted by Gasteiger charge is -2.21. The molecule has 0 aliphatic heterocycles. The van der Waals surface area contributed by atoms with Gasteiger partial charge in [-0.3, -0.25) is 0 Å². The van der Waals surface area contributed by atoms with Gasteiger partial charge in [0.2, 0.25) is 0 Å². The Morgan fingerprint density at radius 3 is 2.09 bits per heavy atom. The maximum Gasteiger partial charge on any atom is 0.122 e. The Kier molecular flexibility index (Phi) is 5.84. The molecule has 23 heavy (non-hydrogen) atoms. The van der Waals surface area contributed by atoms with Gasteiger partial charge in [0.15, 0.2) is 0 Å². The smallest absolute Gasteiger partial charge is 0.122 e. The summed E-state index contributed by atoms with van der Waals surface area (Å²) in [6.07, 6.45) is -0.664. The van der Waals surface area contributed by atoms with E-state index in [0.717, 1.165) is 22.6 Å². The van der Waals surface area contributed by atoms with Crippen LogP contribution in [0.4, 0.5) is 0 Å². The Labute approximate surface area is 136 Å². The third kappa shape index (κ3) is 4.61. The summed E-state index contributed by atoms with van der Waals surface area (Å²) in [5.41, 5.74) is 1.76. The second kappa shape index (κ2) is 7.85. The van der Waals surface area contributed by atoms with Gasteiger partial charge in [0.1, 0.15) is 17.2 Å². The van der Waals surface area contributed by atoms with E-state index in [9.17, 15) is 10.2 Å². The molecular formula is C18H23NO4. The first-order valence-corrected chi connectivity index (χ1v) is 7.46. The second-order valence-corrected chi connectivity index (χ2v) is 5.43. The van der Waals surface area contributed by atoms with Crippen LogP contribution < -0.4 is 14.8 Å². The second-order valence-electron chi connectivity index (χ2n) is 5.43. The quantitative estimate of drug-likeness (QED) is 0.732. The molecule has 2 rings (SSSR count). The maximum atomic E-state index is 10.4. The largest absolute Gasteiger partial charge is 0.508 e. The predicted octanol–water partition coefficient (Wildman–Crippen LogP) is 2.62. The molecule has 2 aromatic carbocycles. The number of aliphatic hydroxyl groups excluding tert-OH is 1. The topological polar surface area (TPSA) is 71.0 Å². The van der Waals surface area contributed by atoms with E-state index in [0.29, 0.717) is 6.54 Å². The van der Waals surface area contributed by atoms with E-state index >= 15 is 0 Å². The Morgan fingerprint density at radius 2 is 1.57 bits per heavy atom. The molecule has 0 saturated heterocycles. The van der Waals surface area contributed by atoms with E-state index in [-0.39, 0.29) is 11.8 Å². The van der Waals surface area contributed by atoms with Crippen LogP contribution in [0.2, 0.25) is 0 Å². The summed E-state index contributed by atoms with van der Waals surface area (Å²) in [5, 5.41) is 23.0. The Balaban J connectivity index is 2.00. The molecule has 0 amide bonds. The lowest BCUT2D eigenvalue weighted by molar-refractivity contribution is 0.135. The fourth-order valence-electron chi connectivity index (χ4n) is 2.32. The lowest BCUT2D eigenvalue weighted by atomic mass is 10.0. The molecule has 0 aliphatic rings. The lowest BCUT2D eigenvalue weighted by Crippen LogP contribution is -2.31. The highest BCUT2D eigenvalue weighted by atomic mass is 16.5. The molecule has 0 spiro atoms. The van der Waals surface area contributed by atoms with Gasteiger partial charge in [-0.15, -0.1) is 0 Å². The van der Waals surface area contributed by atoms with Crippen molar-refractivity contribution >= 4 is 0 Å². The van der Waals surface area contributed by atoms with E-state index < -0.39 is 6.10 Å². The number of aliphatic hydroxyl groups is 1. The summed E-state index contributed by atoms with van der Waals surface area (Å²) in [7, 11) is 3.23. The number of ether oxygens (including phenoxy) is 2. The van der Waals surface area contributed by atoms with Crippen LogP contribution in [0.3, 0.4) is 0 Å². The predicted molar refractivity (Wildman–Crippen MR) is 88.9 cm³/mol. The fourth-order valence-corrected chi connectivity index (χ4v) is 2.32. The number of benzene rings is 2. The van der Waals surface area contributed by atoms with E-state index in [1.54, 1.807) is 38.5 Å². The van der Waals surface area contributed by atoms with Crippen LogP contribution in [0.25, 0.3) is 0 Å². The third-order valence-corrected chi connectivity index (χ3v) is 3.75. The average molecular weight is 317 g/mol. The van der Waals surface area contributed by atoms with E-state index in [4.69, 9.17) is 9.47 Å². The van der Waals surface area contributed by atoms with Crippen molar-refractivity contribution in [3.8, 4) is 17.2 Å². The molecule has 2 atom stereocenters. The third-order valence-electron chi connectivity index (χ3n) is 3.75. The van der Waals surface area contributed by atoms with Crippen molar-refractivity contribution in [1.82, 2.24) is 5.32 Å². The SMILES string of the molecule is COc1cc(CN[C@@H](C)[C@H](O)c2ccc(O)cc2)cc(OC)c1. The number of rotatable bonds is 7. The summed E-state index contributed by atoms with van der Waals surface area (Å²) < 4.78 is 10.5. The molecule has 5 heteroatoms. The molecule has 2 aromatic rings. The van der Waals surface area contributed by atoms with Crippen molar-refractivity contribution in [1.29, 1.82) is 0 Å². The average Bonchev–Trinajstić information content (AvgIpc) is 2.59. The summed E-state index contributed by atoms with van der Waals surface area (Å²) in [4.78, 5) is 0. The molecule has 0 aliphatic carbocycles. The van der Waals surface area contributed by atoms with E-state index in [1.807, 2.05) is 25.1 Å². The van der Waals surface area contributed by atoms with Crippen molar-refractivity contribution in [3.63, 3.8) is 0 Å². The molecule has 0 aromatic heterocycles. The molecule has 0 heterocycles. The van der Waals surface area contributed by atoms with Gasteiger partial charge in [0.05, 0.1) is 20.3 Å². The molecular weight excluding hydrogens is 294 g/mol. The van der Waals surface area contributed by atoms with Crippen LogP contribution in [0.15, 0.2) is 42.5 Å². The number of phenols is 1. The first kappa shape index (κ1) is 17.1. The maximum absolute atomic E-state index is 10.4. The van der Waals surface area contributed by atoms with Gasteiger partial charge >= 0.3 is 0 Å². The minimum Gasteiger partial charge on any atom is -0.508 e. The van der Waals surface area contributed by atoms with Gasteiger partial charge in [-0.25, -0.2) is 0 Å². The number of phenolic OH excluding ortho intramolecular Hbond substituents is 1. The molecule has 0 bridgehead atoms. The molecule has 0 radical (unpaired) electrons. The summed E-state index contributed by atoms with van der Waals surface area (Å²) in [6, 6.07) is 12.1. The summed E-state index contributed by atoms with van der Waals surface area (Å²) >= 11 is 0. The highest BCUT2D eigenvalue weighted by Crippen LogP contribution is 2.23. The highest BCUT2D eigenvalue weighted by Gasteiger charge is 2.16. The summed E-state index contributed by atoms with van der Waals surface area (Å²) in [6.45, 7) is 2.48. The minimum absolute atomic E-state index is 0.156. The van der Waals surface area contributed by atoms with Crippen LogP contribution in [0, 0.1) is 0 Å².